The predicted molar refractivity (Wildman–Crippen MR) is 56.5 cm³/mol. The van der Waals surface area contributed by atoms with Crippen molar-refractivity contribution in [1.82, 2.24) is 4.98 Å². The molecule has 2 radical (unpaired) electrons. The van der Waals surface area contributed by atoms with E-state index in [9.17, 15) is 0 Å². The van der Waals surface area contributed by atoms with Crippen molar-refractivity contribution in [2.24, 2.45) is 5.16 Å². The number of aromatic nitrogens is 1. The molecule has 0 spiro atoms. The standard InChI is InChI=1S/C10H7AsN2O/c11-10-7(6-13-14)3-4-9-8(10)2-1-5-12-9/h1-6,14H. The maximum atomic E-state index is 8.46. The average molecular weight is 246 g/mol. The second-order valence-corrected chi connectivity index (χ2v) is 3.76. The molecule has 1 aromatic heterocycles. The summed E-state index contributed by atoms with van der Waals surface area (Å²) in [5, 5.41) is 12.5. The summed E-state index contributed by atoms with van der Waals surface area (Å²) in [7, 11) is 0. The van der Waals surface area contributed by atoms with Gasteiger partial charge in [-0.25, -0.2) is 0 Å². The molecule has 0 fully saturated rings. The van der Waals surface area contributed by atoms with Crippen LogP contribution in [0.4, 0.5) is 0 Å². The Hall–Kier alpha value is -1.34. The molecule has 68 valence electrons. The Kier molecular flexibility index (Phi) is 2.51. The first-order valence-corrected chi connectivity index (χ1v) is 5.01. The van der Waals surface area contributed by atoms with Gasteiger partial charge in [-0.2, -0.15) is 0 Å². The molecular formula is C10H7AsN2O. The van der Waals surface area contributed by atoms with Gasteiger partial charge in [0.25, 0.3) is 0 Å². The minimum atomic E-state index is 0.882. The van der Waals surface area contributed by atoms with Crippen molar-refractivity contribution < 1.29 is 5.21 Å². The molecule has 0 aliphatic heterocycles. The number of fused-ring (bicyclic) bond motifs is 1. The summed E-state index contributed by atoms with van der Waals surface area (Å²) in [4.78, 5) is 4.23. The van der Waals surface area contributed by atoms with E-state index in [2.05, 4.69) is 27.0 Å². The van der Waals surface area contributed by atoms with Gasteiger partial charge in [-0.05, 0) is 0 Å². The molecule has 0 unspecified atom stereocenters. The van der Waals surface area contributed by atoms with Crippen molar-refractivity contribution >= 4 is 38.3 Å². The molecule has 1 N–H and O–H groups in total. The first kappa shape index (κ1) is 9.22. The zero-order valence-electron chi connectivity index (χ0n) is 7.25. The fourth-order valence-corrected chi connectivity index (χ4v) is 1.99. The van der Waals surface area contributed by atoms with Gasteiger partial charge in [-0.3, -0.25) is 0 Å². The first-order chi connectivity index (χ1) is 6.83. The molecule has 4 heteroatoms. The Balaban J connectivity index is 2.75. The van der Waals surface area contributed by atoms with Crippen LogP contribution in [-0.4, -0.2) is 33.3 Å². The van der Waals surface area contributed by atoms with Crippen molar-refractivity contribution in [2.75, 3.05) is 0 Å². The molecule has 0 amide bonds. The average Bonchev–Trinajstić information content (AvgIpc) is 2.23. The third-order valence-corrected chi connectivity index (χ3v) is 3.03. The third-order valence-electron chi connectivity index (χ3n) is 1.98. The van der Waals surface area contributed by atoms with Crippen molar-refractivity contribution in [1.29, 1.82) is 0 Å². The molecule has 1 aromatic carbocycles. The number of hydrogen-bond acceptors (Lipinski definition) is 3. The summed E-state index contributed by atoms with van der Waals surface area (Å²) in [5.74, 6) is 0. The van der Waals surface area contributed by atoms with E-state index < -0.39 is 0 Å². The van der Waals surface area contributed by atoms with Gasteiger partial charge in [0.2, 0.25) is 0 Å². The van der Waals surface area contributed by atoms with Crippen LogP contribution in [0.2, 0.25) is 0 Å². The van der Waals surface area contributed by atoms with Crippen LogP contribution in [0.15, 0.2) is 35.6 Å². The number of pyridine rings is 1. The Morgan fingerprint density at radius 3 is 3.00 bits per heavy atom. The number of nitrogens with zero attached hydrogens (tertiary/aromatic N) is 2. The van der Waals surface area contributed by atoms with Gasteiger partial charge in [-0.15, -0.1) is 0 Å². The summed E-state index contributed by atoms with van der Waals surface area (Å²) >= 11 is 2.47. The van der Waals surface area contributed by atoms with E-state index in [1.54, 1.807) is 6.20 Å². The number of benzene rings is 1. The molecule has 0 saturated heterocycles. The van der Waals surface area contributed by atoms with Crippen LogP contribution in [0.5, 0.6) is 0 Å². The second kappa shape index (κ2) is 3.80. The first-order valence-electron chi connectivity index (χ1n) is 4.07. The van der Waals surface area contributed by atoms with Crippen molar-refractivity contribution in [3.63, 3.8) is 0 Å². The molecule has 0 aliphatic rings. The van der Waals surface area contributed by atoms with Crippen LogP contribution in [0.25, 0.3) is 10.9 Å². The summed E-state index contributed by atoms with van der Waals surface area (Å²) in [6, 6.07) is 7.66. The van der Waals surface area contributed by atoms with E-state index in [4.69, 9.17) is 5.21 Å². The quantitative estimate of drug-likeness (QED) is 0.350. The van der Waals surface area contributed by atoms with Gasteiger partial charge in [0.05, 0.1) is 0 Å². The molecule has 14 heavy (non-hydrogen) atoms. The van der Waals surface area contributed by atoms with Gasteiger partial charge in [0, 0.05) is 0 Å². The summed E-state index contributed by atoms with van der Waals surface area (Å²) in [6.45, 7) is 0. The predicted octanol–water partition coefficient (Wildman–Crippen LogP) is 0.837. The molecule has 0 aliphatic carbocycles. The van der Waals surface area contributed by atoms with Crippen molar-refractivity contribution in [3.05, 3.63) is 36.0 Å². The Morgan fingerprint density at radius 2 is 2.21 bits per heavy atom. The van der Waals surface area contributed by atoms with Gasteiger partial charge in [0.1, 0.15) is 0 Å². The van der Waals surface area contributed by atoms with E-state index in [0.29, 0.717) is 0 Å². The van der Waals surface area contributed by atoms with E-state index in [0.717, 1.165) is 20.8 Å². The van der Waals surface area contributed by atoms with Crippen molar-refractivity contribution in [3.8, 4) is 0 Å². The van der Waals surface area contributed by atoms with E-state index >= 15 is 0 Å². The zero-order valence-corrected chi connectivity index (χ0v) is 9.13. The molecule has 0 bridgehead atoms. The molecular weight excluding hydrogens is 239 g/mol. The monoisotopic (exact) mass is 246 g/mol. The zero-order chi connectivity index (χ0) is 9.97. The van der Waals surface area contributed by atoms with Crippen LogP contribution in [0.1, 0.15) is 5.56 Å². The van der Waals surface area contributed by atoms with Crippen molar-refractivity contribution in [2.45, 2.75) is 0 Å². The van der Waals surface area contributed by atoms with Gasteiger partial charge >= 0.3 is 89.7 Å². The molecule has 2 rings (SSSR count). The van der Waals surface area contributed by atoms with Crippen LogP contribution >= 0.6 is 0 Å². The van der Waals surface area contributed by atoms with Crippen LogP contribution < -0.4 is 4.35 Å². The Labute approximate surface area is 90.0 Å². The molecule has 1 heterocycles. The number of oxime groups is 1. The molecule has 2 aromatic rings. The fraction of sp³-hybridized carbons (Fsp3) is 0. The number of rotatable bonds is 1. The van der Waals surface area contributed by atoms with Gasteiger partial charge in [-0.1, -0.05) is 0 Å². The fourth-order valence-electron chi connectivity index (χ4n) is 1.32. The van der Waals surface area contributed by atoms with E-state index in [-0.39, 0.29) is 0 Å². The minimum absolute atomic E-state index is 0.882. The summed E-state index contributed by atoms with van der Waals surface area (Å²) in [5.41, 5.74) is 1.83. The second-order valence-electron chi connectivity index (χ2n) is 2.82. The van der Waals surface area contributed by atoms with Crippen LogP contribution in [0, 0.1) is 0 Å². The molecule has 0 atom stereocenters. The normalized spacial score (nSPS) is 11.2. The van der Waals surface area contributed by atoms with E-state index in [1.807, 2.05) is 24.3 Å². The van der Waals surface area contributed by atoms with Gasteiger partial charge < -0.3 is 0 Å². The van der Waals surface area contributed by atoms with Crippen LogP contribution in [-0.2, 0) is 0 Å². The summed E-state index contributed by atoms with van der Waals surface area (Å²) < 4.78 is 1.01. The van der Waals surface area contributed by atoms with Gasteiger partial charge in [0.15, 0.2) is 0 Å². The Morgan fingerprint density at radius 1 is 1.36 bits per heavy atom. The SMILES string of the molecule is ON=Cc1ccc2ncccc2c1[As]. The van der Waals surface area contributed by atoms with E-state index in [1.165, 1.54) is 6.21 Å². The molecule has 3 nitrogen and oxygen atoms in total. The third kappa shape index (κ3) is 1.51. The molecule has 0 saturated carbocycles. The topological polar surface area (TPSA) is 45.5 Å². The van der Waals surface area contributed by atoms with Crippen LogP contribution in [0.3, 0.4) is 0 Å². The Bertz CT molecular complexity index is 496. The summed E-state index contributed by atoms with van der Waals surface area (Å²) in [6.07, 6.45) is 3.18. The maximum absolute atomic E-state index is 8.46. The number of hydrogen-bond donors (Lipinski definition) is 1.